The van der Waals surface area contributed by atoms with Crippen molar-refractivity contribution in [3.63, 3.8) is 0 Å². The number of amides is 2. The average molecular weight is 393 g/mol. The van der Waals surface area contributed by atoms with Gasteiger partial charge in [0.25, 0.3) is 5.91 Å². The van der Waals surface area contributed by atoms with Crippen molar-refractivity contribution in [1.82, 2.24) is 10.6 Å². The lowest BCUT2D eigenvalue weighted by atomic mass is 9.99. The molecule has 0 radical (unpaired) electrons. The van der Waals surface area contributed by atoms with Crippen LogP contribution in [0.2, 0.25) is 0 Å². The zero-order valence-corrected chi connectivity index (χ0v) is 16.9. The van der Waals surface area contributed by atoms with E-state index in [9.17, 15) is 9.59 Å². The summed E-state index contributed by atoms with van der Waals surface area (Å²) in [5.41, 5.74) is 3.79. The second-order valence-corrected chi connectivity index (χ2v) is 7.19. The van der Waals surface area contributed by atoms with Crippen molar-refractivity contribution in [2.45, 2.75) is 45.3 Å². The minimum absolute atomic E-state index is 0.193. The van der Waals surface area contributed by atoms with Crippen LogP contribution in [0.3, 0.4) is 0 Å². The van der Waals surface area contributed by atoms with Crippen LogP contribution in [0, 0.1) is 6.92 Å². The monoisotopic (exact) mass is 393 g/mol. The van der Waals surface area contributed by atoms with Gasteiger partial charge in [-0.1, -0.05) is 66.7 Å². The van der Waals surface area contributed by atoms with Crippen molar-refractivity contribution in [3.05, 3.63) is 71.3 Å². The normalized spacial score (nSPS) is 16.5. The van der Waals surface area contributed by atoms with Crippen LogP contribution in [-0.4, -0.2) is 36.2 Å². The summed E-state index contributed by atoms with van der Waals surface area (Å²) in [7, 11) is 0. The number of nitrogens with zero attached hydrogens (tertiary/aromatic N) is 1. The first-order chi connectivity index (χ1) is 14.1. The number of carbonyl (C=O) groups is 2. The van der Waals surface area contributed by atoms with E-state index in [1.807, 2.05) is 68.4 Å². The first-order valence-electron chi connectivity index (χ1n) is 9.99. The Bertz CT molecular complexity index is 880. The molecule has 0 aliphatic carbocycles. The van der Waals surface area contributed by atoms with E-state index < -0.39 is 12.1 Å². The summed E-state index contributed by atoms with van der Waals surface area (Å²) in [5, 5.41) is 9.83. The van der Waals surface area contributed by atoms with Crippen LogP contribution < -0.4 is 10.6 Å². The van der Waals surface area contributed by atoms with E-state index in [0.717, 1.165) is 28.8 Å². The van der Waals surface area contributed by atoms with Gasteiger partial charge in [-0.25, -0.2) is 0 Å². The van der Waals surface area contributed by atoms with Gasteiger partial charge in [-0.2, -0.15) is 0 Å². The fraction of sp³-hybridized carbons (Fsp3) is 0.348. The van der Waals surface area contributed by atoms with E-state index >= 15 is 0 Å². The molecule has 0 saturated heterocycles. The van der Waals surface area contributed by atoms with Crippen LogP contribution in [0.4, 0.5) is 0 Å². The third-order valence-corrected chi connectivity index (χ3v) is 4.88. The van der Waals surface area contributed by atoms with Crippen molar-refractivity contribution in [1.29, 1.82) is 0 Å². The fourth-order valence-corrected chi connectivity index (χ4v) is 3.27. The van der Waals surface area contributed by atoms with Gasteiger partial charge in [-0.15, -0.1) is 0 Å². The number of nitrogens with one attached hydrogen (secondary N) is 2. The molecule has 6 nitrogen and oxygen atoms in total. The van der Waals surface area contributed by atoms with Crippen LogP contribution in [0.25, 0.3) is 0 Å². The molecular formula is C23H27N3O3. The molecule has 0 bridgehead atoms. The summed E-state index contributed by atoms with van der Waals surface area (Å²) in [6.07, 6.45) is 0.893. The molecule has 0 aromatic heterocycles. The molecule has 2 atom stereocenters. The minimum Gasteiger partial charge on any atom is -0.382 e. The molecule has 29 heavy (non-hydrogen) atoms. The van der Waals surface area contributed by atoms with Crippen molar-refractivity contribution in [2.75, 3.05) is 6.54 Å². The van der Waals surface area contributed by atoms with E-state index in [1.54, 1.807) is 0 Å². The largest absolute Gasteiger partial charge is 0.382 e. The van der Waals surface area contributed by atoms with Crippen molar-refractivity contribution in [2.24, 2.45) is 5.16 Å². The lowest BCUT2D eigenvalue weighted by Crippen LogP contribution is -2.51. The molecule has 3 rings (SSSR count). The van der Waals surface area contributed by atoms with E-state index in [1.165, 1.54) is 0 Å². The van der Waals surface area contributed by atoms with Gasteiger partial charge < -0.3 is 15.5 Å². The Morgan fingerprint density at radius 1 is 1.14 bits per heavy atom. The smallest absolute Gasteiger partial charge is 0.265 e. The highest BCUT2D eigenvalue weighted by molar-refractivity contribution is 6.05. The number of aryl methyl sites for hydroxylation is 1. The zero-order valence-electron chi connectivity index (χ0n) is 16.9. The summed E-state index contributed by atoms with van der Waals surface area (Å²) in [4.78, 5) is 30.8. The highest BCUT2D eigenvalue weighted by Crippen LogP contribution is 2.19. The maximum Gasteiger partial charge on any atom is 0.265 e. The lowest BCUT2D eigenvalue weighted by molar-refractivity contribution is -0.135. The molecule has 0 fully saturated rings. The molecular weight excluding hydrogens is 366 g/mol. The molecule has 0 spiro atoms. The number of carbonyl (C=O) groups excluding carboxylic acids is 2. The third-order valence-electron chi connectivity index (χ3n) is 4.88. The van der Waals surface area contributed by atoms with Crippen molar-refractivity contribution < 1.29 is 14.4 Å². The SMILES string of the molecule is CCCNC(=O)[C@H](Cc1ccccc1)NC(=O)[C@H]1CC(c2ccccc2C)=NO1. The quantitative estimate of drug-likeness (QED) is 0.724. The van der Waals surface area contributed by atoms with Gasteiger partial charge in [0.1, 0.15) is 6.04 Å². The number of hydrogen-bond donors (Lipinski definition) is 2. The van der Waals surface area contributed by atoms with Gasteiger partial charge in [-0.05, 0) is 24.5 Å². The Morgan fingerprint density at radius 2 is 1.86 bits per heavy atom. The molecule has 2 N–H and O–H groups in total. The van der Waals surface area contributed by atoms with Crippen LogP contribution in [0.1, 0.15) is 36.5 Å². The predicted octanol–water partition coefficient (Wildman–Crippen LogP) is 2.74. The predicted molar refractivity (Wildman–Crippen MR) is 113 cm³/mol. The van der Waals surface area contributed by atoms with Gasteiger partial charge in [0.05, 0.1) is 5.71 Å². The molecule has 2 aromatic rings. The summed E-state index contributed by atoms with van der Waals surface area (Å²) >= 11 is 0. The Morgan fingerprint density at radius 3 is 2.59 bits per heavy atom. The van der Waals surface area contributed by atoms with Gasteiger partial charge in [0, 0.05) is 24.9 Å². The summed E-state index contributed by atoms with van der Waals surface area (Å²) in [6.45, 7) is 4.56. The Kier molecular flexibility index (Phi) is 7.00. The Hall–Kier alpha value is -3.15. The van der Waals surface area contributed by atoms with Crippen LogP contribution >= 0.6 is 0 Å². The van der Waals surface area contributed by atoms with Gasteiger partial charge in [0.2, 0.25) is 12.0 Å². The number of benzene rings is 2. The average Bonchev–Trinajstić information content (AvgIpc) is 3.22. The van der Waals surface area contributed by atoms with Crippen LogP contribution in [0.15, 0.2) is 59.8 Å². The summed E-state index contributed by atoms with van der Waals surface area (Å²) in [6, 6.07) is 16.8. The topological polar surface area (TPSA) is 79.8 Å². The second kappa shape index (κ2) is 9.87. The fourth-order valence-electron chi connectivity index (χ4n) is 3.27. The van der Waals surface area contributed by atoms with Gasteiger partial charge in [-0.3, -0.25) is 9.59 Å². The maximum atomic E-state index is 12.8. The van der Waals surface area contributed by atoms with E-state index in [4.69, 9.17) is 4.84 Å². The van der Waals surface area contributed by atoms with Crippen molar-refractivity contribution >= 4 is 17.5 Å². The Labute approximate surface area is 171 Å². The Balaban J connectivity index is 1.65. The van der Waals surface area contributed by atoms with Crippen LogP contribution in [-0.2, 0) is 20.8 Å². The zero-order chi connectivity index (χ0) is 20.6. The van der Waals surface area contributed by atoms with E-state index in [-0.39, 0.29) is 11.8 Å². The van der Waals surface area contributed by atoms with Crippen LogP contribution in [0.5, 0.6) is 0 Å². The third kappa shape index (κ3) is 5.44. The highest BCUT2D eigenvalue weighted by atomic mass is 16.6. The number of oxime groups is 1. The number of rotatable bonds is 8. The summed E-state index contributed by atoms with van der Waals surface area (Å²) < 4.78 is 0. The van der Waals surface area contributed by atoms with E-state index in [0.29, 0.717) is 19.4 Å². The highest BCUT2D eigenvalue weighted by Gasteiger charge is 2.32. The number of hydrogen-bond acceptors (Lipinski definition) is 4. The molecule has 0 unspecified atom stereocenters. The van der Waals surface area contributed by atoms with Gasteiger partial charge in [0.15, 0.2) is 0 Å². The molecule has 2 amide bonds. The lowest BCUT2D eigenvalue weighted by Gasteiger charge is -2.20. The molecule has 152 valence electrons. The molecule has 1 heterocycles. The molecule has 2 aromatic carbocycles. The van der Waals surface area contributed by atoms with Gasteiger partial charge >= 0.3 is 0 Å². The molecule has 1 aliphatic rings. The summed E-state index contributed by atoms with van der Waals surface area (Å²) in [5.74, 6) is -0.521. The molecule has 1 aliphatic heterocycles. The second-order valence-electron chi connectivity index (χ2n) is 7.19. The maximum absolute atomic E-state index is 12.8. The van der Waals surface area contributed by atoms with Crippen molar-refractivity contribution in [3.8, 4) is 0 Å². The first-order valence-corrected chi connectivity index (χ1v) is 9.99. The van der Waals surface area contributed by atoms with E-state index in [2.05, 4.69) is 15.8 Å². The minimum atomic E-state index is -0.734. The molecule has 6 heteroatoms. The molecule has 0 saturated carbocycles. The first kappa shape index (κ1) is 20.6. The standard InChI is InChI=1S/C23H27N3O3/c1-3-13-24-22(27)20(14-17-10-5-4-6-11-17)25-23(28)21-15-19(26-29-21)18-12-8-7-9-16(18)2/h4-12,20-21H,3,13-15H2,1-2H3,(H,24,27)(H,25,28)/t20-,21+/m0/s1.